The third-order valence-electron chi connectivity index (χ3n) is 3.46. The normalized spacial score (nSPS) is 13.0. The second kappa shape index (κ2) is 7.51. The van der Waals surface area contributed by atoms with Gasteiger partial charge in [0.2, 0.25) is 0 Å². The lowest BCUT2D eigenvalue weighted by molar-refractivity contribution is 0.290. The first kappa shape index (κ1) is 17.2. The molecule has 3 rings (SSSR count). The van der Waals surface area contributed by atoms with Crippen molar-refractivity contribution in [3.63, 3.8) is 0 Å². The zero-order valence-electron chi connectivity index (χ0n) is 13.2. The number of hydrogen-bond donors (Lipinski definition) is 1. The summed E-state index contributed by atoms with van der Waals surface area (Å²) in [5.74, 6) is -0.152. The highest BCUT2D eigenvalue weighted by Crippen LogP contribution is 2.45. The number of benzene rings is 3. The molecule has 1 unspecified atom stereocenters. The fourth-order valence-electron chi connectivity index (χ4n) is 2.33. The molecular formula is C19H16FO4P. The Labute approximate surface area is 145 Å². The smallest absolute Gasteiger partial charge is 0.395 e. The molecule has 0 aliphatic heterocycles. The van der Waals surface area contributed by atoms with Gasteiger partial charge < -0.3 is 9.05 Å². The molecule has 0 heterocycles. The number of hydrogen-bond acceptors (Lipinski definition) is 3. The highest BCUT2D eigenvalue weighted by molar-refractivity contribution is 7.48. The second-order valence-corrected chi connectivity index (χ2v) is 6.68. The van der Waals surface area contributed by atoms with Gasteiger partial charge >= 0.3 is 7.82 Å². The monoisotopic (exact) mass is 358 g/mol. The molecule has 4 nitrogen and oxygen atoms in total. The van der Waals surface area contributed by atoms with Gasteiger partial charge in [-0.1, -0.05) is 48.5 Å². The third-order valence-corrected chi connectivity index (χ3v) is 4.33. The third kappa shape index (κ3) is 4.92. The van der Waals surface area contributed by atoms with Crippen LogP contribution < -0.4 is 9.05 Å². The van der Waals surface area contributed by atoms with E-state index in [4.69, 9.17) is 9.05 Å². The van der Waals surface area contributed by atoms with Gasteiger partial charge in [-0.2, -0.15) is 0 Å². The minimum Gasteiger partial charge on any atom is -0.395 e. The van der Waals surface area contributed by atoms with Gasteiger partial charge in [-0.15, -0.1) is 0 Å². The number of phosphoric acid groups is 1. The molecule has 6 heteroatoms. The zero-order chi connectivity index (χ0) is 17.7. The van der Waals surface area contributed by atoms with Gasteiger partial charge in [0, 0.05) is 6.42 Å². The quantitative estimate of drug-likeness (QED) is 0.632. The molecule has 0 aliphatic carbocycles. The van der Waals surface area contributed by atoms with Gasteiger partial charge in [-0.3, -0.25) is 4.89 Å². The number of rotatable bonds is 6. The first-order chi connectivity index (χ1) is 12.0. The van der Waals surface area contributed by atoms with E-state index in [1.165, 1.54) is 12.1 Å². The van der Waals surface area contributed by atoms with Gasteiger partial charge in [-0.25, -0.2) is 8.96 Å². The van der Waals surface area contributed by atoms with E-state index in [0.29, 0.717) is 6.42 Å². The molecule has 25 heavy (non-hydrogen) atoms. The van der Waals surface area contributed by atoms with E-state index >= 15 is 0 Å². The molecule has 0 aromatic heterocycles. The number of phosphoric ester groups is 1. The van der Waals surface area contributed by atoms with Crippen molar-refractivity contribution in [1.82, 2.24) is 0 Å². The van der Waals surface area contributed by atoms with Crippen molar-refractivity contribution in [2.24, 2.45) is 0 Å². The first-order valence-corrected chi connectivity index (χ1v) is 9.11. The van der Waals surface area contributed by atoms with Crippen LogP contribution in [0.15, 0.2) is 78.9 Å². The summed E-state index contributed by atoms with van der Waals surface area (Å²) in [6.07, 6.45) is 0.549. The Morgan fingerprint density at radius 2 is 1.48 bits per heavy atom. The molecule has 0 amide bonds. The lowest BCUT2D eigenvalue weighted by atomic mass is 10.0. The summed E-state index contributed by atoms with van der Waals surface area (Å²) in [6.45, 7) is 0. The van der Waals surface area contributed by atoms with Crippen LogP contribution in [0.25, 0.3) is 0 Å². The molecule has 0 bridgehead atoms. The molecule has 0 aliphatic rings. The summed E-state index contributed by atoms with van der Waals surface area (Å²) in [4.78, 5) is 10.00. The molecule has 128 valence electrons. The highest BCUT2D eigenvalue weighted by atomic mass is 31.2. The van der Waals surface area contributed by atoms with Crippen LogP contribution in [0.5, 0.6) is 11.5 Å². The van der Waals surface area contributed by atoms with E-state index in [2.05, 4.69) is 0 Å². The summed E-state index contributed by atoms with van der Waals surface area (Å²) in [7, 11) is -4.41. The first-order valence-electron chi connectivity index (χ1n) is 7.61. The Morgan fingerprint density at radius 3 is 2.20 bits per heavy atom. The molecule has 3 aromatic carbocycles. The summed E-state index contributed by atoms with van der Waals surface area (Å²) >= 11 is 0. The van der Waals surface area contributed by atoms with Crippen molar-refractivity contribution in [2.75, 3.05) is 0 Å². The summed E-state index contributed by atoms with van der Waals surface area (Å²) in [5, 5.41) is 0. The van der Waals surface area contributed by atoms with Crippen molar-refractivity contribution in [3.8, 4) is 11.5 Å². The molecule has 0 fully saturated rings. The van der Waals surface area contributed by atoms with E-state index in [9.17, 15) is 13.8 Å². The Bertz CT molecular complexity index is 881. The molecule has 1 atom stereocenters. The maximum absolute atomic E-state index is 12.9. The fourth-order valence-corrected chi connectivity index (χ4v) is 3.18. The van der Waals surface area contributed by atoms with Gasteiger partial charge in [-0.05, 0) is 41.5 Å². The van der Waals surface area contributed by atoms with Crippen molar-refractivity contribution < 1.29 is 22.9 Å². The minimum absolute atomic E-state index is 0.0489. The maximum atomic E-state index is 12.9. The van der Waals surface area contributed by atoms with Gasteiger partial charge in [0.25, 0.3) is 0 Å². The van der Waals surface area contributed by atoms with E-state index in [-0.39, 0.29) is 11.5 Å². The van der Waals surface area contributed by atoms with Crippen LogP contribution >= 0.6 is 7.82 Å². The zero-order valence-corrected chi connectivity index (χ0v) is 14.1. The standard InChI is InChI=1S/C19H16FO4P/c20-17-10-12-18(13-11-17)23-25(21,22)24-19-9-5-4-8-16(19)14-15-6-2-1-3-7-15/h1-13H,14H2,(H,21,22). The lowest BCUT2D eigenvalue weighted by Crippen LogP contribution is -2.02. The van der Waals surface area contributed by atoms with E-state index in [1.807, 2.05) is 42.5 Å². The van der Waals surface area contributed by atoms with Crippen LogP contribution in [0.4, 0.5) is 4.39 Å². The van der Waals surface area contributed by atoms with E-state index in [1.54, 1.807) is 12.1 Å². The summed E-state index contributed by atoms with van der Waals surface area (Å²) in [5.41, 5.74) is 1.80. The van der Waals surface area contributed by atoms with Crippen molar-refractivity contribution in [2.45, 2.75) is 6.42 Å². The highest BCUT2D eigenvalue weighted by Gasteiger charge is 2.26. The van der Waals surface area contributed by atoms with Crippen LogP contribution in [0.1, 0.15) is 11.1 Å². The predicted octanol–water partition coefficient (Wildman–Crippen LogP) is 4.97. The summed E-state index contributed by atoms with van der Waals surface area (Å²) < 4.78 is 35.4. The summed E-state index contributed by atoms with van der Waals surface area (Å²) in [6, 6.07) is 21.5. The average Bonchev–Trinajstić information content (AvgIpc) is 2.59. The van der Waals surface area contributed by atoms with Crippen LogP contribution in [0.3, 0.4) is 0 Å². The van der Waals surface area contributed by atoms with Crippen LogP contribution in [-0.4, -0.2) is 4.89 Å². The van der Waals surface area contributed by atoms with Gasteiger partial charge in [0.15, 0.2) is 0 Å². The molecule has 0 saturated carbocycles. The van der Waals surface area contributed by atoms with Gasteiger partial charge in [0.1, 0.15) is 17.3 Å². The lowest BCUT2D eigenvalue weighted by Gasteiger charge is -2.16. The average molecular weight is 358 g/mol. The Balaban J connectivity index is 1.77. The molecule has 1 N–H and O–H groups in total. The predicted molar refractivity (Wildman–Crippen MR) is 93.2 cm³/mol. The van der Waals surface area contributed by atoms with Gasteiger partial charge in [0.05, 0.1) is 0 Å². The molecule has 0 spiro atoms. The van der Waals surface area contributed by atoms with Crippen LogP contribution in [0, 0.1) is 5.82 Å². The SMILES string of the molecule is O=P(O)(Oc1ccc(F)cc1)Oc1ccccc1Cc1ccccc1. The second-order valence-electron chi connectivity index (χ2n) is 5.38. The van der Waals surface area contributed by atoms with Crippen LogP contribution in [-0.2, 0) is 11.0 Å². The minimum atomic E-state index is -4.41. The molecule has 0 saturated heterocycles. The van der Waals surface area contributed by atoms with E-state index in [0.717, 1.165) is 23.3 Å². The topological polar surface area (TPSA) is 55.8 Å². The molecular weight excluding hydrogens is 342 g/mol. The Hall–Kier alpha value is -2.62. The maximum Gasteiger partial charge on any atom is 0.584 e. The molecule has 3 aromatic rings. The Morgan fingerprint density at radius 1 is 0.840 bits per heavy atom. The molecule has 0 radical (unpaired) electrons. The van der Waals surface area contributed by atoms with E-state index < -0.39 is 13.6 Å². The fraction of sp³-hybridized carbons (Fsp3) is 0.0526. The van der Waals surface area contributed by atoms with Crippen molar-refractivity contribution in [3.05, 3.63) is 95.8 Å². The number of para-hydroxylation sites is 1. The van der Waals surface area contributed by atoms with Crippen molar-refractivity contribution >= 4 is 7.82 Å². The number of halogens is 1. The Kier molecular flexibility index (Phi) is 5.17. The largest absolute Gasteiger partial charge is 0.584 e. The van der Waals surface area contributed by atoms with Crippen molar-refractivity contribution in [1.29, 1.82) is 0 Å². The van der Waals surface area contributed by atoms with Crippen LogP contribution in [0.2, 0.25) is 0 Å².